The quantitative estimate of drug-likeness (QED) is 0.656. The number of fused-ring (bicyclic) bond motifs is 1. The summed E-state index contributed by atoms with van der Waals surface area (Å²) in [5.41, 5.74) is 2.28. The van der Waals surface area contributed by atoms with Crippen LogP contribution in [0.1, 0.15) is 6.42 Å². The van der Waals surface area contributed by atoms with E-state index in [1.165, 1.54) is 10.9 Å². The van der Waals surface area contributed by atoms with Crippen LogP contribution in [0.15, 0.2) is 60.8 Å². The van der Waals surface area contributed by atoms with Gasteiger partial charge in [0.2, 0.25) is 0 Å². The Labute approximate surface area is 170 Å². The van der Waals surface area contributed by atoms with E-state index in [9.17, 15) is 4.79 Å². The number of rotatable bonds is 5. The van der Waals surface area contributed by atoms with Crippen molar-refractivity contribution in [2.45, 2.75) is 13.0 Å². The number of halogens is 1. The van der Waals surface area contributed by atoms with Crippen molar-refractivity contribution < 1.29 is 4.79 Å². The number of nitrogens with zero attached hydrogens (tertiary/aromatic N) is 3. The average Bonchev–Trinajstić information content (AvgIpc) is 3.15. The summed E-state index contributed by atoms with van der Waals surface area (Å²) in [5.74, 6) is 0. The second-order valence-corrected chi connectivity index (χ2v) is 7.49. The molecular formula is C22H25ClN4O. The Kier molecular flexibility index (Phi) is 5.72. The summed E-state index contributed by atoms with van der Waals surface area (Å²) in [6.45, 7) is 4.59. The number of nitrogens with one attached hydrogen (secondary N) is 1. The van der Waals surface area contributed by atoms with Crippen LogP contribution in [-0.4, -0.2) is 48.2 Å². The molecule has 0 aliphatic carbocycles. The fourth-order valence-electron chi connectivity index (χ4n) is 3.75. The van der Waals surface area contributed by atoms with E-state index in [1.807, 2.05) is 29.2 Å². The fourth-order valence-corrected chi connectivity index (χ4v) is 4.01. The highest BCUT2D eigenvalue weighted by Gasteiger charge is 2.21. The zero-order valence-corrected chi connectivity index (χ0v) is 16.6. The van der Waals surface area contributed by atoms with E-state index in [0.717, 1.165) is 36.8 Å². The Hall–Kier alpha value is -2.66. The van der Waals surface area contributed by atoms with E-state index in [1.54, 1.807) is 0 Å². The van der Waals surface area contributed by atoms with Gasteiger partial charge < -0.3 is 19.7 Å². The van der Waals surface area contributed by atoms with Gasteiger partial charge in [0.05, 0.1) is 10.7 Å². The van der Waals surface area contributed by atoms with Gasteiger partial charge in [0.1, 0.15) is 0 Å². The lowest BCUT2D eigenvalue weighted by atomic mass is 10.2. The number of hydrogen-bond acceptors (Lipinski definition) is 2. The lowest BCUT2D eigenvalue weighted by Gasteiger charge is -2.36. The van der Waals surface area contributed by atoms with Gasteiger partial charge in [-0.3, -0.25) is 0 Å². The molecule has 1 aromatic heterocycles. The molecule has 1 aliphatic rings. The van der Waals surface area contributed by atoms with Crippen molar-refractivity contribution in [3.8, 4) is 0 Å². The molecule has 1 fully saturated rings. The van der Waals surface area contributed by atoms with Crippen LogP contribution in [0.4, 0.5) is 10.5 Å². The summed E-state index contributed by atoms with van der Waals surface area (Å²) in [5, 5.41) is 5.07. The topological polar surface area (TPSA) is 40.5 Å². The summed E-state index contributed by atoms with van der Waals surface area (Å²) < 4.78 is 2.24. The van der Waals surface area contributed by atoms with Crippen molar-refractivity contribution in [2.24, 2.45) is 0 Å². The zero-order valence-electron chi connectivity index (χ0n) is 15.9. The molecule has 0 bridgehead atoms. The van der Waals surface area contributed by atoms with E-state index in [0.29, 0.717) is 19.6 Å². The van der Waals surface area contributed by atoms with Crippen molar-refractivity contribution in [1.82, 2.24) is 14.8 Å². The lowest BCUT2D eigenvalue weighted by Crippen LogP contribution is -2.52. The maximum atomic E-state index is 12.4. The predicted molar refractivity (Wildman–Crippen MR) is 115 cm³/mol. The minimum atomic E-state index is 0.0242. The second kappa shape index (κ2) is 8.57. The highest BCUT2D eigenvalue weighted by molar-refractivity contribution is 6.33. The highest BCUT2D eigenvalue weighted by atomic mass is 35.5. The van der Waals surface area contributed by atoms with E-state index < -0.39 is 0 Å². The largest absolute Gasteiger partial charge is 0.367 e. The summed E-state index contributed by atoms with van der Waals surface area (Å²) in [7, 11) is 0. The summed E-state index contributed by atoms with van der Waals surface area (Å²) in [6, 6.07) is 18.4. The van der Waals surface area contributed by atoms with Crippen molar-refractivity contribution in [2.75, 3.05) is 37.6 Å². The van der Waals surface area contributed by atoms with Crippen molar-refractivity contribution in [3.05, 3.63) is 65.8 Å². The number of carbonyl (C=O) groups is 1. The summed E-state index contributed by atoms with van der Waals surface area (Å²) >= 11 is 6.28. The number of para-hydroxylation sites is 2. The number of carbonyl (C=O) groups excluding carboxylic acids is 1. The fraction of sp³-hybridized carbons (Fsp3) is 0.318. The Bertz CT molecular complexity index is 946. The van der Waals surface area contributed by atoms with Crippen LogP contribution in [0.5, 0.6) is 0 Å². The van der Waals surface area contributed by atoms with Crippen LogP contribution in [-0.2, 0) is 6.54 Å². The minimum absolute atomic E-state index is 0.0242. The van der Waals surface area contributed by atoms with Gasteiger partial charge in [-0.2, -0.15) is 0 Å². The van der Waals surface area contributed by atoms with E-state index in [-0.39, 0.29) is 6.03 Å². The Balaban J connectivity index is 1.21. The monoisotopic (exact) mass is 396 g/mol. The Morgan fingerprint density at radius 3 is 2.54 bits per heavy atom. The number of benzene rings is 2. The molecule has 2 aromatic carbocycles. The van der Waals surface area contributed by atoms with Gasteiger partial charge in [-0.05, 0) is 36.1 Å². The molecule has 146 valence electrons. The average molecular weight is 397 g/mol. The Morgan fingerprint density at radius 1 is 0.964 bits per heavy atom. The first-order valence-electron chi connectivity index (χ1n) is 9.78. The molecule has 2 heterocycles. The molecule has 3 aromatic rings. The minimum Gasteiger partial charge on any atom is -0.367 e. The van der Waals surface area contributed by atoms with E-state index in [4.69, 9.17) is 11.6 Å². The summed E-state index contributed by atoms with van der Waals surface area (Å²) in [4.78, 5) is 16.6. The molecule has 28 heavy (non-hydrogen) atoms. The first kappa shape index (κ1) is 18.7. The first-order chi connectivity index (χ1) is 13.7. The third-order valence-electron chi connectivity index (χ3n) is 5.29. The predicted octanol–water partition coefficient (Wildman–Crippen LogP) is 4.22. The molecule has 0 spiro atoms. The van der Waals surface area contributed by atoms with Crippen molar-refractivity contribution >= 4 is 34.2 Å². The molecule has 6 heteroatoms. The lowest BCUT2D eigenvalue weighted by molar-refractivity contribution is 0.194. The molecule has 2 amide bonds. The Morgan fingerprint density at radius 2 is 1.71 bits per heavy atom. The van der Waals surface area contributed by atoms with Gasteiger partial charge in [0.15, 0.2) is 0 Å². The molecule has 0 radical (unpaired) electrons. The maximum absolute atomic E-state index is 12.4. The van der Waals surface area contributed by atoms with E-state index in [2.05, 4.69) is 51.3 Å². The third kappa shape index (κ3) is 4.09. The zero-order chi connectivity index (χ0) is 19.3. The highest BCUT2D eigenvalue weighted by Crippen LogP contribution is 2.26. The first-order valence-corrected chi connectivity index (χ1v) is 10.2. The second-order valence-electron chi connectivity index (χ2n) is 7.08. The van der Waals surface area contributed by atoms with Crippen LogP contribution < -0.4 is 10.2 Å². The van der Waals surface area contributed by atoms with Crippen LogP contribution in [0, 0.1) is 0 Å². The number of piperazine rings is 1. The van der Waals surface area contributed by atoms with E-state index >= 15 is 0 Å². The van der Waals surface area contributed by atoms with Gasteiger partial charge in [0.25, 0.3) is 0 Å². The van der Waals surface area contributed by atoms with Gasteiger partial charge >= 0.3 is 6.03 Å². The standard InChI is InChI=1S/C22H25ClN4O/c23-19-7-2-4-9-21(19)26-14-16-27(17-15-26)22(28)24-11-5-12-25-13-10-18-6-1-3-8-20(18)25/h1-4,6-10,13H,5,11-12,14-17H2,(H,24,28). The molecule has 0 unspecified atom stereocenters. The van der Waals surface area contributed by atoms with Crippen LogP contribution >= 0.6 is 11.6 Å². The number of amides is 2. The van der Waals surface area contributed by atoms with Gasteiger partial charge in [-0.1, -0.05) is 41.9 Å². The number of hydrogen-bond donors (Lipinski definition) is 1. The molecule has 1 aliphatic heterocycles. The van der Waals surface area contributed by atoms with Gasteiger partial charge in [0, 0.05) is 51.0 Å². The number of urea groups is 1. The molecule has 5 nitrogen and oxygen atoms in total. The SMILES string of the molecule is O=C(NCCCn1ccc2ccccc21)N1CCN(c2ccccc2Cl)CC1. The molecule has 0 saturated carbocycles. The third-order valence-corrected chi connectivity index (χ3v) is 5.61. The number of anilines is 1. The van der Waals surface area contributed by atoms with Crippen LogP contribution in [0.2, 0.25) is 5.02 Å². The molecule has 0 atom stereocenters. The smallest absolute Gasteiger partial charge is 0.317 e. The van der Waals surface area contributed by atoms with Crippen molar-refractivity contribution in [1.29, 1.82) is 0 Å². The molecule has 1 saturated heterocycles. The molecule has 1 N–H and O–H groups in total. The maximum Gasteiger partial charge on any atom is 0.317 e. The van der Waals surface area contributed by atoms with Gasteiger partial charge in [-0.25, -0.2) is 4.79 Å². The number of aryl methyl sites for hydroxylation is 1. The molecular weight excluding hydrogens is 372 g/mol. The summed E-state index contributed by atoms with van der Waals surface area (Å²) in [6.07, 6.45) is 3.02. The van der Waals surface area contributed by atoms with Gasteiger partial charge in [-0.15, -0.1) is 0 Å². The molecule has 4 rings (SSSR count). The van der Waals surface area contributed by atoms with Crippen LogP contribution in [0.3, 0.4) is 0 Å². The number of aromatic nitrogens is 1. The normalized spacial score (nSPS) is 14.5. The van der Waals surface area contributed by atoms with Crippen LogP contribution in [0.25, 0.3) is 10.9 Å². The van der Waals surface area contributed by atoms with Crippen molar-refractivity contribution in [3.63, 3.8) is 0 Å².